The summed E-state index contributed by atoms with van der Waals surface area (Å²) in [6, 6.07) is 18.8. The van der Waals surface area contributed by atoms with Crippen molar-refractivity contribution in [2.24, 2.45) is 0 Å². The largest absolute Gasteiger partial charge is 0.494 e. The molecule has 0 fully saturated rings. The third-order valence-corrected chi connectivity index (χ3v) is 5.20. The van der Waals surface area contributed by atoms with Crippen molar-refractivity contribution < 1.29 is 23.7 Å². The highest BCUT2D eigenvalue weighted by atomic mass is 16.5. The van der Waals surface area contributed by atoms with Crippen LogP contribution in [-0.2, 0) is 22.5 Å². The first kappa shape index (κ1) is 22.6. The van der Waals surface area contributed by atoms with E-state index < -0.39 is 0 Å². The highest BCUT2D eigenvalue weighted by molar-refractivity contribution is 5.79. The van der Waals surface area contributed by atoms with Crippen LogP contribution in [0.25, 0.3) is 0 Å². The molecule has 1 aliphatic rings. The summed E-state index contributed by atoms with van der Waals surface area (Å²) < 4.78 is 23.2. The number of ether oxygens (including phenoxy) is 4. The average molecular weight is 449 g/mol. The minimum Gasteiger partial charge on any atom is -0.494 e. The van der Waals surface area contributed by atoms with Gasteiger partial charge in [-0.1, -0.05) is 30.3 Å². The molecule has 0 saturated carbocycles. The summed E-state index contributed by atoms with van der Waals surface area (Å²) in [6.45, 7) is 4.59. The molecule has 172 valence electrons. The molecule has 7 nitrogen and oxygen atoms in total. The molecule has 33 heavy (non-hydrogen) atoms. The number of carbonyl (C=O) groups is 1. The van der Waals surface area contributed by atoms with Crippen LogP contribution in [0.2, 0.25) is 0 Å². The first-order chi connectivity index (χ1) is 16.2. The van der Waals surface area contributed by atoms with Gasteiger partial charge in [0.2, 0.25) is 11.8 Å². The fraction of sp³-hybridized carbons (Fsp3) is 0.308. The molecule has 0 N–H and O–H groups in total. The number of aromatic nitrogens is 1. The van der Waals surface area contributed by atoms with Crippen LogP contribution in [0.3, 0.4) is 0 Å². The molecule has 0 bridgehead atoms. The molecular weight excluding hydrogens is 420 g/mol. The van der Waals surface area contributed by atoms with Crippen LogP contribution in [0.15, 0.2) is 66.9 Å². The van der Waals surface area contributed by atoms with E-state index in [9.17, 15) is 4.79 Å². The first-order valence-corrected chi connectivity index (χ1v) is 11.1. The predicted octanol–water partition coefficient (Wildman–Crippen LogP) is 4.25. The van der Waals surface area contributed by atoms with Gasteiger partial charge in [0.15, 0.2) is 11.5 Å². The quantitative estimate of drug-likeness (QED) is 0.594. The molecular formula is C26H28N2O5. The number of pyridine rings is 1. The van der Waals surface area contributed by atoms with E-state index in [-0.39, 0.29) is 12.3 Å². The van der Waals surface area contributed by atoms with E-state index in [0.29, 0.717) is 56.9 Å². The standard InChI is InChI=1S/C26H28N2O5/c1-2-31-22-11-9-20(10-12-22)18-25(29)28-14-15-30-16-17-32-23-7-3-4-8-24(23)33-26-21(19-28)6-5-13-27-26/h3-13H,2,14-19H2,1H3. The number of para-hydroxylation sites is 2. The Morgan fingerprint density at radius 2 is 1.82 bits per heavy atom. The van der Waals surface area contributed by atoms with E-state index in [1.165, 1.54) is 0 Å². The smallest absolute Gasteiger partial charge is 0.227 e. The Labute approximate surface area is 193 Å². The lowest BCUT2D eigenvalue weighted by atomic mass is 10.1. The summed E-state index contributed by atoms with van der Waals surface area (Å²) in [5, 5.41) is 0. The molecule has 1 amide bonds. The van der Waals surface area contributed by atoms with E-state index >= 15 is 0 Å². The van der Waals surface area contributed by atoms with E-state index in [2.05, 4.69) is 4.98 Å². The van der Waals surface area contributed by atoms with Crippen LogP contribution in [0.4, 0.5) is 0 Å². The molecule has 1 aliphatic heterocycles. The van der Waals surface area contributed by atoms with Crippen molar-refractivity contribution in [3.05, 3.63) is 78.0 Å². The predicted molar refractivity (Wildman–Crippen MR) is 124 cm³/mol. The maximum atomic E-state index is 13.2. The van der Waals surface area contributed by atoms with E-state index in [1.807, 2.05) is 67.6 Å². The Bertz CT molecular complexity index is 1050. The Hall–Kier alpha value is -3.58. The van der Waals surface area contributed by atoms with Crippen molar-refractivity contribution in [2.45, 2.75) is 19.9 Å². The number of carbonyl (C=O) groups excluding carboxylic acids is 1. The fourth-order valence-corrected chi connectivity index (χ4v) is 3.54. The van der Waals surface area contributed by atoms with Crippen LogP contribution in [-0.4, -0.2) is 48.8 Å². The number of amides is 1. The molecule has 0 radical (unpaired) electrons. The van der Waals surface area contributed by atoms with Gasteiger partial charge >= 0.3 is 0 Å². The highest BCUT2D eigenvalue weighted by Gasteiger charge is 2.19. The second-order valence-corrected chi connectivity index (χ2v) is 7.55. The maximum absolute atomic E-state index is 13.2. The third kappa shape index (κ3) is 6.23. The number of fused-ring (bicyclic) bond motifs is 2. The first-order valence-electron chi connectivity index (χ1n) is 11.1. The zero-order chi connectivity index (χ0) is 22.9. The van der Waals surface area contributed by atoms with E-state index in [4.69, 9.17) is 18.9 Å². The van der Waals surface area contributed by atoms with Gasteiger partial charge in [-0.15, -0.1) is 0 Å². The van der Waals surface area contributed by atoms with Crippen molar-refractivity contribution in [3.8, 4) is 23.1 Å². The minimum absolute atomic E-state index is 0.00378. The number of benzene rings is 2. The molecule has 4 rings (SSSR count). The Morgan fingerprint density at radius 3 is 2.64 bits per heavy atom. The van der Waals surface area contributed by atoms with Crippen LogP contribution in [0.1, 0.15) is 18.1 Å². The van der Waals surface area contributed by atoms with Gasteiger partial charge in [-0.25, -0.2) is 4.98 Å². The lowest BCUT2D eigenvalue weighted by molar-refractivity contribution is -0.131. The summed E-state index contributed by atoms with van der Waals surface area (Å²) in [7, 11) is 0. The normalized spacial score (nSPS) is 14.3. The molecule has 2 aromatic carbocycles. The lowest BCUT2D eigenvalue weighted by Crippen LogP contribution is -2.35. The zero-order valence-electron chi connectivity index (χ0n) is 18.7. The SMILES string of the molecule is CCOc1ccc(CC(=O)N2CCOCCOc3ccccc3Oc3ncccc3C2)cc1. The van der Waals surface area contributed by atoms with Gasteiger partial charge in [0.05, 0.1) is 32.8 Å². The van der Waals surface area contributed by atoms with Gasteiger partial charge in [0, 0.05) is 18.3 Å². The van der Waals surface area contributed by atoms with Crippen molar-refractivity contribution in [2.75, 3.05) is 33.0 Å². The molecule has 0 aliphatic carbocycles. The summed E-state index contributed by atoms with van der Waals surface area (Å²) in [5.41, 5.74) is 1.74. The number of hydrogen-bond acceptors (Lipinski definition) is 6. The van der Waals surface area contributed by atoms with Gasteiger partial charge in [-0.05, 0) is 42.8 Å². The summed E-state index contributed by atoms with van der Waals surface area (Å²) in [4.78, 5) is 19.4. The van der Waals surface area contributed by atoms with Gasteiger partial charge in [0.25, 0.3) is 0 Å². The monoisotopic (exact) mass is 448 g/mol. The highest BCUT2D eigenvalue weighted by Crippen LogP contribution is 2.32. The minimum atomic E-state index is 0.00378. The molecule has 3 aromatic rings. The number of nitrogens with zero attached hydrogens (tertiary/aromatic N) is 2. The summed E-state index contributed by atoms with van der Waals surface area (Å²) in [5.74, 6) is 2.45. The Balaban J connectivity index is 1.54. The van der Waals surface area contributed by atoms with Gasteiger partial charge in [-0.3, -0.25) is 4.79 Å². The molecule has 1 aromatic heterocycles. The average Bonchev–Trinajstić information content (AvgIpc) is 2.85. The summed E-state index contributed by atoms with van der Waals surface area (Å²) >= 11 is 0. The van der Waals surface area contributed by atoms with Crippen LogP contribution in [0, 0.1) is 0 Å². The van der Waals surface area contributed by atoms with Gasteiger partial charge in [0.1, 0.15) is 12.4 Å². The molecule has 0 atom stereocenters. The second-order valence-electron chi connectivity index (χ2n) is 7.55. The maximum Gasteiger partial charge on any atom is 0.227 e. The molecule has 0 saturated heterocycles. The third-order valence-electron chi connectivity index (χ3n) is 5.20. The van der Waals surface area contributed by atoms with Crippen molar-refractivity contribution in [1.29, 1.82) is 0 Å². The second kappa shape index (κ2) is 11.3. The molecule has 7 heteroatoms. The van der Waals surface area contributed by atoms with Crippen molar-refractivity contribution >= 4 is 5.91 Å². The Kier molecular flexibility index (Phi) is 7.76. The topological polar surface area (TPSA) is 70.1 Å². The van der Waals surface area contributed by atoms with Crippen LogP contribution in [0.5, 0.6) is 23.1 Å². The Morgan fingerprint density at radius 1 is 1.00 bits per heavy atom. The summed E-state index contributed by atoms with van der Waals surface area (Å²) in [6.07, 6.45) is 1.96. The van der Waals surface area contributed by atoms with Crippen molar-refractivity contribution in [1.82, 2.24) is 9.88 Å². The number of hydrogen-bond donors (Lipinski definition) is 0. The number of rotatable bonds is 4. The van der Waals surface area contributed by atoms with Crippen molar-refractivity contribution in [3.63, 3.8) is 0 Å². The zero-order valence-corrected chi connectivity index (χ0v) is 18.7. The van der Waals surface area contributed by atoms with E-state index in [0.717, 1.165) is 16.9 Å². The van der Waals surface area contributed by atoms with E-state index in [1.54, 1.807) is 11.1 Å². The molecule has 0 unspecified atom stereocenters. The van der Waals surface area contributed by atoms with Gasteiger partial charge < -0.3 is 23.8 Å². The molecule has 0 spiro atoms. The molecule has 2 heterocycles. The fourth-order valence-electron chi connectivity index (χ4n) is 3.54. The van der Waals surface area contributed by atoms with Crippen LogP contribution >= 0.6 is 0 Å². The van der Waals surface area contributed by atoms with Crippen LogP contribution < -0.4 is 14.2 Å². The lowest BCUT2D eigenvalue weighted by Gasteiger charge is -2.23. The van der Waals surface area contributed by atoms with Gasteiger partial charge in [-0.2, -0.15) is 0 Å².